The number of esters is 1. The Morgan fingerprint density at radius 1 is 1.09 bits per heavy atom. The van der Waals surface area contributed by atoms with Crippen LogP contribution in [0.3, 0.4) is 0 Å². The number of imide groups is 1. The van der Waals surface area contributed by atoms with Gasteiger partial charge in [-0.3, -0.25) is 20.2 Å². The zero-order valence-electron chi connectivity index (χ0n) is 17.5. The Morgan fingerprint density at radius 3 is 2.50 bits per heavy atom. The average Bonchev–Trinajstić information content (AvgIpc) is 2.81. The lowest BCUT2D eigenvalue weighted by Gasteiger charge is -2.10. The molecule has 3 aromatic rings. The van der Waals surface area contributed by atoms with Crippen molar-refractivity contribution in [2.24, 2.45) is 0 Å². The molecular weight excluding hydrogens is 470 g/mol. The highest BCUT2D eigenvalue weighted by atomic mass is 35.5. The van der Waals surface area contributed by atoms with Crippen LogP contribution in [0, 0.1) is 10.1 Å². The second-order valence-corrected chi connectivity index (χ2v) is 6.81. The van der Waals surface area contributed by atoms with Crippen molar-refractivity contribution in [3.8, 4) is 11.6 Å². The van der Waals surface area contributed by atoms with Gasteiger partial charge in [0.2, 0.25) is 5.88 Å². The van der Waals surface area contributed by atoms with E-state index in [0.29, 0.717) is 0 Å². The topological polar surface area (TPSA) is 163 Å². The van der Waals surface area contributed by atoms with E-state index in [9.17, 15) is 24.5 Å². The van der Waals surface area contributed by atoms with Crippen LogP contribution in [0.4, 0.5) is 16.2 Å². The van der Waals surface area contributed by atoms with Gasteiger partial charge in [-0.2, -0.15) is 0 Å². The summed E-state index contributed by atoms with van der Waals surface area (Å²) in [7, 11) is 0. The van der Waals surface area contributed by atoms with Crippen molar-refractivity contribution in [1.82, 2.24) is 15.5 Å². The number of urea groups is 1. The zero-order chi connectivity index (χ0) is 24.7. The number of hydrogen-bond acceptors (Lipinski definition) is 9. The molecule has 34 heavy (non-hydrogen) atoms. The summed E-state index contributed by atoms with van der Waals surface area (Å²) in [5.74, 6) is -1.32. The largest absolute Gasteiger partial charge is 0.461 e. The predicted octanol–water partition coefficient (Wildman–Crippen LogP) is 3.97. The number of rotatable bonds is 7. The predicted molar refractivity (Wildman–Crippen MR) is 119 cm³/mol. The number of nitro benzene ring substituents is 1. The Balaban J connectivity index is 1.63. The van der Waals surface area contributed by atoms with Crippen LogP contribution < -0.4 is 15.4 Å². The van der Waals surface area contributed by atoms with Crippen LogP contribution >= 0.6 is 11.6 Å². The number of aromatic nitrogens is 2. The van der Waals surface area contributed by atoms with Gasteiger partial charge in [-0.25, -0.2) is 9.59 Å². The van der Waals surface area contributed by atoms with Gasteiger partial charge in [-0.15, -0.1) is 10.2 Å². The Morgan fingerprint density at radius 2 is 1.85 bits per heavy atom. The summed E-state index contributed by atoms with van der Waals surface area (Å²) in [6, 6.07) is 11.3. The number of ether oxygens (including phenoxy) is 2. The van der Waals surface area contributed by atoms with Gasteiger partial charge < -0.3 is 14.8 Å². The van der Waals surface area contributed by atoms with Crippen LogP contribution in [-0.4, -0.2) is 39.6 Å². The maximum absolute atomic E-state index is 12.2. The standard InChI is InChI=1S/C21H16ClN5O7/c1-2-33-20(29)15-8-10-18(26-25-15)34-17-9-7-12(11-14(17)22)23-21(30)24-19(28)13-5-3-4-6-16(13)27(31)32/h3-11H,2H2,1H3,(H2,23,24,28,30). The third-order valence-electron chi connectivity index (χ3n) is 4.10. The van der Waals surface area contributed by atoms with Crippen LogP contribution in [0.25, 0.3) is 0 Å². The molecule has 0 unspecified atom stereocenters. The lowest BCUT2D eigenvalue weighted by molar-refractivity contribution is -0.385. The molecule has 2 N–H and O–H groups in total. The Hall–Kier alpha value is -4.58. The summed E-state index contributed by atoms with van der Waals surface area (Å²) in [5, 5.41) is 23.0. The number of anilines is 1. The number of amides is 3. The monoisotopic (exact) mass is 485 g/mol. The van der Waals surface area contributed by atoms with E-state index < -0.39 is 28.5 Å². The quantitative estimate of drug-likeness (QED) is 0.286. The second kappa shape index (κ2) is 10.8. The third kappa shape index (κ3) is 6.01. The minimum absolute atomic E-state index is 0.0150. The SMILES string of the molecule is CCOC(=O)c1ccc(Oc2ccc(NC(=O)NC(=O)c3ccccc3[N+](=O)[O-])cc2Cl)nn1. The first kappa shape index (κ1) is 24.1. The number of carbonyl (C=O) groups is 3. The number of carbonyl (C=O) groups excluding carboxylic acids is 3. The molecule has 174 valence electrons. The van der Waals surface area contributed by atoms with E-state index in [1.54, 1.807) is 6.92 Å². The lowest BCUT2D eigenvalue weighted by Crippen LogP contribution is -2.34. The van der Waals surface area contributed by atoms with Crippen molar-refractivity contribution in [2.75, 3.05) is 11.9 Å². The maximum Gasteiger partial charge on any atom is 0.358 e. The highest BCUT2D eigenvalue weighted by Crippen LogP contribution is 2.30. The summed E-state index contributed by atoms with van der Waals surface area (Å²) in [4.78, 5) is 46.3. The fraction of sp³-hybridized carbons (Fsp3) is 0.0952. The molecule has 1 heterocycles. The molecule has 3 amide bonds. The van der Waals surface area contributed by atoms with E-state index in [2.05, 4.69) is 15.5 Å². The van der Waals surface area contributed by atoms with Crippen LogP contribution in [0.15, 0.2) is 54.6 Å². The average molecular weight is 486 g/mol. The first-order chi connectivity index (χ1) is 16.3. The summed E-state index contributed by atoms with van der Waals surface area (Å²) < 4.78 is 10.3. The first-order valence-corrected chi connectivity index (χ1v) is 10.00. The molecule has 0 aliphatic rings. The van der Waals surface area contributed by atoms with Gasteiger partial charge in [0.05, 0.1) is 16.6 Å². The molecule has 12 nitrogen and oxygen atoms in total. The molecule has 0 bridgehead atoms. The molecule has 0 spiro atoms. The smallest absolute Gasteiger partial charge is 0.358 e. The fourth-order valence-electron chi connectivity index (χ4n) is 2.62. The number of para-hydroxylation sites is 1. The summed E-state index contributed by atoms with van der Waals surface area (Å²) in [6.07, 6.45) is 0. The van der Waals surface area contributed by atoms with Crippen LogP contribution in [-0.2, 0) is 4.74 Å². The van der Waals surface area contributed by atoms with E-state index in [1.807, 2.05) is 5.32 Å². The van der Waals surface area contributed by atoms with Gasteiger partial charge in [0.25, 0.3) is 11.6 Å². The third-order valence-corrected chi connectivity index (χ3v) is 4.40. The summed E-state index contributed by atoms with van der Waals surface area (Å²) >= 11 is 6.18. The molecule has 0 saturated carbocycles. The van der Waals surface area contributed by atoms with Crippen LogP contribution in [0.2, 0.25) is 5.02 Å². The molecule has 3 rings (SSSR count). The van der Waals surface area contributed by atoms with Gasteiger partial charge >= 0.3 is 12.0 Å². The van der Waals surface area contributed by atoms with Gasteiger partial charge in [0.1, 0.15) is 11.3 Å². The lowest BCUT2D eigenvalue weighted by atomic mass is 10.1. The molecule has 0 saturated heterocycles. The van der Waals surface area contributed by atoms with Crippen molar-refractivity contribution in [2.45, 2.75) is 6.92 Å². The van der Waals surface area contributed by atoms with E-state index in [-0.39, 0.29) is 40.2 Å². The molecule has 0 aliphatic heterocycles. The van der Waals surface area contributed by atoms with Crippen molar-refractivity contribution < 1.29 is 28.8 Å². The normalized spacial score (nSPS) is 10.2. The van der Waals surface area contributed by atoms with Crippen molar-refractivity contribution in [1.29, 1.82) is 0 Å². The van der Waals surface area contributed by atoms with E-state index >= 15 is 0 Å². The second-order valence-electron chi connectivity index (χ2n) is 6.41. The molecule has 0 radical (unpaired) electrons. The Kier molecular flexibility index (Phi) is 7.67. The summed E-state index contributed by atoms with van der Waals surface area (Å²) in [5.41, 5.74) is -0.467. The van der Waals surface area contributed by atoms with E-state index in [0.717, 1.165) is 6.07 Å². The van der Waals surface area contributed by atoms with Crippen molar-refractivity contribution in [3.63, 3.8) is 0 Å². The van der Waals surface area contributed by atoms with E-state index in [1.165, 1.54) is 48.5 Å². The van der Waals surface area contributed by atoms with Crippen molar-refractivity contribution >= 4 is 40.9 Å². The van der Waals surface area contributed by atoms with Crippen LogP contribution in [0.5, 0.6) is 11.6 Å². The highest BCUT2D eigenvalue weighted by Gasteiger charge is 2.21. The van der Waals surface area contributed by atoms with Crippen LogP contribution in [0.1, 0.15) is 27.8 Å². The fourth-order valence-corrected chi connectivity index (χ4v) is 2.84. The zero-order valence-corrected chi connectivity index (χ0v) is 18.2. The molecule has 13 heteroatoms. The Bertz CT molecular complexity index is 1250. The number of nitrogens with one attached hydrogen (secondary N) is 2. The number of halogens is 1. The van der Waals surface area contributed by atoms with Crippen molar-refractivity contribution in [3.05, 3.63) is 81.0 Å². The minimum Gasteiger partial charge on any atom is -0.461 e. The molecule has 1 aromatic heterocycles. The highest BCUT2D eigenvalue weighted by molar-refractivity contribution is 6.32. The molecule has 0 fully saturated rings. The number of nitrogens with zero attached hydrogens (tertiary/aromatic N) is 3. The minimum atomic E-state index is -0.944. The Labute approximate surface area is 197 Å². The summed E-state index contributed by atoms with van der Waals surface area (Å²) in [6.45, 7) is 1.87. The molecule has 0 aliphatic carbocycles. The molecule has 2 aromatic carbocycles. The van der Waals surface area contributed by atoms with E-state index in [4.69, 9.17) is 21.1 Å². The van der Waals surface area contributed by atoms with Gasteiger partial charge in [-0.1, -0.05) is 23.7 Å². The first-order valence-electron chi connectivity index (χ1n) is 9.62. The van der Waals surface area contributed by atoms with Gasteiger partial charge in [-0.05, 0) is 37.3 Å². The molecular formula is C21H16ClN5O7. The number of hydrogen-bond donors (Lipinski definition) is 2. The van der Waals surface area contributed by atoms with Gasteiger partial charge in [0, 0.05) is 17.8 Å². The number of nitro groups is 1. The van der Waals surface area contributed by atoms with Gasteiger partial charge in [0.15, 0.2) is 5.69 Å². The number of benzene rings is 2. The molecule has 0 atom stereocenters. The maximum atomic E-state index is 12.2.